The zero-order chi connectivity index (χ0) is 35.4. The molecule has 3 aliphatic rings. The fraction of sp³-hybridized carbons (Fsp3) is 0.375. The Balaban J connectivity index is 1.43. The molecule has 0 radical (unpaired) electrons. The molecular formula is C32H27Cl3F3N5O5S. The van der Waals surface area contributed by atoms with Crippen LogP contribution in [0.4, 0.5) is 23.7 Å². The van der Waals surface area contributed by atoms with Gasteiger partial charge in [0.05, 0.1) is 52.9 Å². The fourth-order valence-electron chi connectivity index (χ4n) is 6.20. The van der Waals surface area contributed by atoms with Crippen molar-refractivity contribution in [3.8, 4) is 11.8 Å². The zero-order valence-corrected chi connectivity index (χ0v) is 28.8. The highest BCUT2D eigenvalue weighted by Gasteiger charge is 2.41. The van der Waals surface area contributed by atoms with Crippen molar-refractivity contribution in [1.82, 2.24) is 14.8 Å². The maximum absolute atomic E-state index is 14.4. The number of amides is 3. The molecule has 3 amide bonds. The number of benzene rings is 2. The van der Waals surface area contributed by atoms with Gasteiger partial charge in [-0.05, 0) is 66.3 Å². The third-order valence-corrected chi connectivity index (χ3v) is 11.0. The number of nitrogens with one attached hydrogen (secondary N) is 1. The molecule has 0 bridgehead atoms. The molecule has 2 aliphatic heterocycles. The molecule has 17 heteroatoms. The smallest absolute Gasteiger partial charge is 0.362 e. The lowest BCUT2D eigenvalue weighted by atomic mass is 10.0. The molecule has 3 heterocycles. The van der Waals surface area contributed by atoms with Gasteiger partial charge in [-0.25, -0.2) is 9.18 Å². The number of urea groups is 1. The minimum atomic E-state index is -4.05. The van der Waals surface area contributed by atoms with Crippen LogP contribution in [0.25, 0.3) is 0 Å². The number of aliphatic hydroxyl groups excluding tert-OH is 1. The van der Waals surface area contributed by atoms with E-state index in [0.717, 1.165) is 31.4 Å². The van der Waals surface area contributed by atoms with E-state index in [2.05, 4.69) is 6.07 Å². The number of ether oxygens (including phenoxy) is 1. The van der Waals surface area contributed by atoms with Gasteiger partial charge in [-0.3, -0.25) is 14.5 Å². The summed E-state index contributed by atoms with van der Waals surface area (Å²) in [5.74, 6) is -1.49. The average Bonchev–Trinajstić information content (AvgIpc) is 3.83. The quantitative estimate of drug-likeness (QED) is 0.222. The summed E-state index contributed by atoms with van der Waals surface area (Å²) in [6.07, 6.45) is 2.43. The Morgan fingerprint density at radius 3 is 2.57 bits per heavy atom. The monoisotopic (exact) mass is 755 g/mol. The van der Waals surface area contributed by atoms with Crippen molar-refractivity contribution in [1.29, 1.82) is 5.26 Å². The standard InChI is InChI=1S/C32H27Cl3F3N5O5S/c1-48-23-10-17-15(9-22(23)42-8-2-7-41(31(42)47)16-3-4-16)13-43(21(17)5-6-39)30(46)26-24(12-25(32(35,37)38)40-29(26)45)49-28-19(33)11-20(36)18(14-44)27(28)34/h9-12,16,21,44H,2-5,7-8,13-14H2,1H3,(H,40,45). The second-order valence-electron chi connectivity index (χ2n) is 11.7. The van der Waals surface area contributed by atoms with E-state index in [1.807, 2.05) is 9.88 Å². The van der Waals surface area contributed by atoms with E-state index in [1.54, 1.807) is 17.0 Å². The molecule has 0 spiro atoms. The van der Waals surface area contributed by atoms with Crippen LogP contribution in [0.3, 0.4) is 0 Å². The van der Waals surface area contributed by atoms with Gasteiger partial charge in [-0.2, -0.15) is 14.0 Å². The number of rotatable bonds is 9. The molecule has 1 unspecified atom stereocenters. The van der Waals surface area contributed by atoms with Gasteiger partial charge in [-0.1, -0.05) is 35.0 Å². The summed E-state index contributed by atoms with van der Waals surface area (Å²) in [4.78, 5) is 47.5. The highest BCUT2D eigenvalue weighted by Crippen LogP contribution is 2.47. The summed E-state index contributed by atoms with van der Waals surface area (Å²) in [7, 11) is 1.45. The van der Waals surface area contributed by atoms with Crippen molar-refractivity contribution < 1.29 is 32.6 Å². The number of aromatic amines is 1. The lowest BCUT2D eigenvalue weighted by Crippen LogP contribution is -2.50. The molecule has 1 saturated carbocycles. The van der Waals surface area contributed by atoms with Gasteiger partial charge in [0, 0.05) is 36.1 Å². The number of H-pyrrole nitrogens is 1. The van der Waals surface area contributed by atoms with Crippen LogP contribution < -0.4 is 15.2 Å². The largest absolute Gasteiger partial charge is 0.495 e. The number of anilines is 1. The summed E-state index contributed by atoms with van der Waals surface area (Å²) in [6.45, 7) is 0.173. The van der Waals surface area contributed by atoms with Crippen molar-refractivity contribution in [3.05, 3.63) is 78.4 Å². The van der Waals surface area contributed by atoms with Crippen molar-refractivity contribution in [2.75, 3.05) is 25.1 Å². The number of carbonyl (C=O) groups excluding carboxylic acids is 2. The molecule has 49 heavy (non-hydrogen) atoms. The number of aromatic nitrogens is 1. The Kier molecular flexibility index (Phi) is 9.78. The van der Waals surface area contributed by atoms with Gasteiger partial charge in [0.2, 0.25) is 0 Å². The summed E-state index contributed by atoms with van der Waals surface area (Å²) in [6, 6.07) is 6.25. The van der Waals surface area contributed by atoms with Crippen LogP contribution in [0.1, 0.15) is 64.5 Å². The fourth-order valence-corrected chi connectivity index (χ4v) is 8.07. The van der Waals surface area contributed by atoms with Gasteiger partial charge in [0.1, 0.15) is 22.8 Å². The van der Waals surface area contributed by atoms with E-state index in [-0.39, 0.29) is 50.4 Å². The molecule has 1 saturated heterocycles. The van der Waals surface area contributed by atoms with E-state index in [1.165, 1.54) is 12.0 Å². The van der Waals surface area contributed by atoms with Crippen LogP contribution in [-0.2, 0) is 18.5 Å². The Morgan fingerprint density at radius 2 is 1.94 bits per heavy atom. The van der Waals surface area contributed by atoms with Gasteiger partial charge in [0.15, 0.2) is 0 Å². The summed E-state index contributed by atoms with van der Waals surface area (Å²) >= 11 is 18.4. The number of nitriles is 1. The molecule has 6 rings (SSSR count). The Bertz CT molecular complexity index is 1970. The van der Waals surface area contributed by atoms with Crippen molar-refractivity contribution in [3.63, 3.8) is 0 Å². The first-order valence-corrected chi connectivity index (χ1v) is 17.0. The number of halogens is 6. The lowest BCUT2D eigenvalue weighted by Gasteiger charge is -2.36. The van der Waals surface area contributed by atoms with Crippen LogP contribution in [0.15, 0.2) is 38.9 Å². The van der Waals surface area contributed by atoms with E-state index in [4.69, 9.17) is 39.5 Å². The number of pyridine rings is 1. The maximum atomic E-state index is 14.4. The number of nitrogens with zero attached hydrogens (tertiary/aromatic N) is 4. The average molecular weight is 757 g/mol. The van der Waals surface area contributed by atoms with Gasteiger partial charge >= 0.3 is 11.4 Å². The SMILES string of the molecule is COc1cc2c(cc1N1CCCN(C3CC3)C1=O)CN(C(=O)c1c(Sc3c(Cl)cc(F)c(CO)c3Cl)cc(C(F)(F)Cl)[nH]c1=O)C2CC#N. The van der Waals surface area contributed by atoms with Crippen LogP contribution in [0.2, 0.25) is 10.0 Å². The molecule has 2 fully saturated rings. The van der Waals surface area contributed by atoms with Crippen molar-refractivity contribution in [2.24, 2.45) is 0 Å². The molecule has 1 atom stereocenters. The molecule has 1 aromatic heterocycles. The number of hydrogen-bond donors (Lipinski definition) is 2. The van der Waals surface area contributed by atoms with E-state index < -0.39 is 46.6 Å². The Hall–Kier alpha value is -3.61. The lowest BCUT2D eigenvalue weighted by molar-refractivity contribution is 0.0684. The maximum Gasteiger partial charge on any atom is 0.362 e. The third kappa shape index (κ3) is 6.55. The van der Waals surface area contributed by atoms with Crippen molar-refractivity contribution >= 4 is 64.2 Å². The predicted molar refractivity (Wildman–Crippen MR) is 176 cm³/mol. The number of alkyl halides is 3. The van der Waals surface area contributed by atoms with Gasteiger partial charge < -0.3 is 24.6 Å². The number of aliphatic hydroxyl groups is 1. The van der Waals surface area contributed by atoms with Crippen LogP contribution in [-0.4, -0.2) is 58.1 Å². The molecule has 2 aromatic carbocycles. The highest BCUT2D eigenvalue weighted by molar-refractivity contribution is 7.99. The molecular weight excluding hydrogens is 730 g/mol. The topological polar surface area (TPSA) is 130 Å². The van der Waals surface area contributed by atoms with Gasteiger partial charge in [-0.15, -0.1) is 0 Å². The predicted octanol–water partition coefficient (Wildman–Crippen LogP) is 7.17. The number of carbonyl (C=O) groups is 2. The second-order valence-corrected chi connectivity index (χ2v) is 14.0. The minimum Gasteiger partial charge on any atom is -0.495 e. The van der Waals surface area contributed by atoms with E-state index in [9.17, 15) is 37.9 Å². The molecule has 10 nitrogen and oxygen atoms in total. The first-order valence-electron chi connectivity index (χ1n) is 15.0. The number of hydrogen-bond acceptors (Lipinski definition) is 7. The first-order chi connectivity index (χ1) is 23.3. The van der Waals surface area contributed by atoms with Crippen LogP contribution in [0.5, 0.6) is 5.75 Å². The molecule has 258 valence electrons. The molecule has 1 aliphatic carbocycles. The van der Waals surface area contributed by atoms with Gasteiger partial charge in [0.25, 0.3) is 11.5 Å². The summed E-state index contributed by atoms with van der Waals surface area (Å²) in [5, 5.41) is 14.7. The Morgan fingerprint density at radius 1 is 1.20 bits per heavy atom. The highest BCUT2D eigenvalue weighted by atomic mass is 35.5. The first kappa shape index (κ1) is 35.2. The Labute approximate surface area is 297 Å². The van der Waals surface area contributed by atoms with E-state index in [0.29, 0.717) is 47.4 Å². The number of fused-ring (bicyclic) bond motifs is 1. The van der Waals surface area contributed by atoms with Crippen LogP contribution >= 0.6 is 46.6 Å². The third-order valence-electron chi connectivity index (χ3n) is 8.71. The minimum absolute atomic E-state index is 0.102. The van der Waals surface area contributed by atoms with Crippen molar-refractivity contribution in [2.45, 2.75) is 66.1 Å². The van der Waals surface area contributed by atoms with E-state index >= 15 is 0 Å². The normalized spacial score (nSPS) is 17.7. The second kappa shape index (κ2) is 13.6. The number of methoxy groups -OCH3 is 1. The van der Waals surface area contributed by atoms with Crippen LogP contribution in [0, 0.1) is 17.1 Å². The molecule has 3 aromatic rings. The summed E-state index contributed by atoms with van der Waals surface area (Å²) in [5.41, 5.74) is -1.55. The molecule has 2 N–H and O–H groups in total. The zero-order valence-electron chi connectivity index (χ0n) is 25.7. The summed E-state index contributed by atoms with van der Waals surface area (Å²) < 4.78 is 48.7.